The third-order valence-corrected chi connectivity index (χ3v) is 4.59. The maximum Gasteiger partial charge on any atom is 0.131 e. The minimum atomic E-state index is -0.0491. The van der Waals surface area contributed by atoms with E-state index in [9.17, 15) is 5.11 Å². The van der Waals surface area contributed by atoms with Gasteiger partial charge in [-0.3, -0.25) is 0 Å². The molecule has 0 aliphatic rings. The smallest absolute Gasteiger partial charge is 0.131 e. The van der Waals surface area contributed by atoms with Gasteiger partial charge in [-0.25, -0.2) is 0 Å². The molecule has 0 unspecified atom stereocenters. The van der Waals surface area contributed by atoms with Crippen molar-refractivity contribution in [3.63, 3.8) is 0 Å². The summed E-state index contributed by atoms with van der Waals surface area (Å²) in [6, 6.07) is 16.8. The average Bonchev–Trinajstić information content (AvgIpc) is 2.65. The molecule has 1 N–H and O–H groups in total. The van der Waals surface area contributed by atoms with Gasteiger partial charge in [-0.05, 0) is 52.6 Å². The van der Waals surface area contributed by atoms with Gasteiger partial charge in [0.25, 0.3) is 0 Å². The molecular formula is C21H18Cl2O3. The van der Waals surface area contributed by atoms with Crippen molar-refractivity contribution in [3.8, 4) is 33.8 Å². The van der Waals surface area contributed by atoms with Gasteiger partial charge in [-0.1, -0.05) is 47.5 Å². The van der Waals surface area contributed by atoms with Crippen LogP contribution in [0, 0.1) is 0 Å². The third kappa shape index (κ3) is 3.65. The van der Waals surface area contributed by atoms with Gasteiger partial charge in [0, 0.05) is 10.0 Å². The van der Waals surface area contributed by atoms with Crippen LogP contribution in [-0.2, 0) is 6.61 Å². The van der Waals surface area contributed by atoms with Crippen LogP contribution in [0.1, 0.15) is 5.56 Å². The van der Waals surface area contributed by atoms with Gasteiger partial charge in [0.1, 0.15) is 11.5 Å². The standard InChI is InChI=1S/C21H18Cl2O3/c1-25-19-9-14(18-6-4-3-5-13(18)12-24)10-20(26-2)21(19)15-7-16(22)11-17(23)8-15/h3-11,24H,12H2,1-2H3. The van der Waals surface area contributed by atoms with Gasteiger partial charge in [0.05, 0.1) is 26.4 Å². The Bertz CT molecular complexity index is 893. The van der Waals surface area contributed by atoms with Gasteiger partial charge >= 0.3 is 0 Å². The van der Waals surface area contributed by atoms with E-state index in [2.05, 4.69) is 0 Å². The summed E-state index contributed by atoms with van der Waals surface area (Å²) < 4.78 is 11.3. The molecule has 0 saturated carbocycles. The van der Waals surface area contributed by atoms with Gasteiger partial charge in [-0.15, -0.1) is 0 Å². The highest BCUT2D eigenvalue weighted by Crippen LogP contribution is 2.43. The molecule has 0 amide bonds. The van der Waals surface area contributed by atoms with E-state index < -0.39 is 0 Å². The fourth-order valence-corrected chi connectivity index (χ4v) is 3.52. The Morgan fingerprint density at radius 2 is 1.38 bits per heavy atom. The molecule has 3 nitrogen and oxygen atoms in total. The number of hydrogen-bond acceptors (Lipinski definition) is 3. The first-order chi connectivity index (χ1) is 12.6. The van der Waals surface area contributed by atoms with E-state index in [1.54, 1.807) is 20.3 Å². The molecule has 0 bridgehead atoms. The molecule has 26 heavy (non-hydrogen) atoms. The lowest BCUT2D eigenvalue weighted by Gasteiger charge is -2.17. The Morgan fingerprint density at radius 3 is 1.92 bits per heavy atom. The summed E-state index contributed by atoms with van der Waals surface area (Å²) in [5.74, 6) is 1.26. The molecule has 0 radical (unpaired) electrons. The predicted octanol–water partition coefficient (Wildman–Crippen LogP) is 5.84. The molecule has 0 saturated heterocycles. The molecule has 134 valence electrons. The van der Waals surface area contributed by atoms with Crippen LogP contribution < -0.4 is 9.47 Å². The van der Waals surface area contributed by atoms with Crippen molar-refractivity contribution < 1.29 is 14.6 Å². The molecule has 0 spiro atoms. The highest BCUT2D eigenvalue weighted by molar-refractivity contribution is 6.35. The Hall–Kier alpha value is -2.20. The van der Waals surface area contributed by atoms with E-state index in [1.165, 1.54) is 0 Å². The zero-order chi connectivity index (χ0) is 18.7. The number of methoxy groups -OCH3 is 2. The van der Waals surface area contributed by atoms with Crippen LogP contribution in [0.4, 0.5) is 0 Å². The van der Waals surface area contributed by atoms with E-state index >= 15 is 0 Å². The van der Waals surface area contributed by atoms with Crippen molar-refractivity contribution in [1.82, 2.24) is 0 Å². The maximum atomic E-state index is 9.63. The number of hydrogen-bond donors (Lipinski definition) is 1. The van der Waals surface area contributed by atoms with Crippen LogP contribution in [-0.4, -0.2) is 19.3 Å². The average molecular weight is 389 g/mol. The topological polar surface area (TPSA) is 38.7 Å². The van der Waals surface area contributed by atoms with E-state index in [4.69, 9.17) is 32.7 Å². The van der Waals surface area contributed by atoms with Gasteiger partial charge in [0.15, 0.2) is 0 Å². The Labute approximate surface area is 162 Å². The molecule has 0 aromatic heterocycles. The van der Waals surface area contributed by atoms with Gasteiger partial charge < -0.3 is 14.6 Å². The summed E-state index contributed by atoms with van der Waals surface area (Å²) in [4.78, 5) is 0. The fraction of sp³-hybridized carbons (Fsp3) is 0.143. The lowest BCUT2D eigenvalue weighted by Crippen LogP contribution is -1.96. The Kier molecular flexibility index (Phi) is 5.72. The van der Waals surface area contributed by atoms with Crippen LogP contribution >= 0.6 is 23.2 Å². The first kappa shape index (κ1) is 18.6. The summed E-state index contributed by atoms with van der Waals surface area (Å²) in [6.45, 7) is -0.0491. The molecule has 0 aliphatic carbocycles. The van der Waals surface area contributed by atoms with Crippen molar-refractivity contribution in [2.24, 2.45) is 0 Å². The maximum absolute atomic E-state index is 9.63. The zero-order valence-electron chi connectivity index (χ0n) is 14.4. The number of aliphatic hydroxyl groups is 1. The fourth-order valence-electron chi connectivity index (χ4n) is 2.99. The molecule has 0 atom stereocenters. The van der Waals surface area contributed by atoms with Crippen LogP contribution in [0.25, 0.3) is 22.3 Å². The summed E-state index contributed by atoms with van der Waals surface area (Å²) >= 11 is 12.3. The summed E-state index contributed by atoms with van der Waals surface area (Å²) in [5, 5.41) is 10.7. The number of rotatable bonds is 5. The largest absolute Gasteiger partial charge is 0.496 e. The van der Waals surface area contributed by atoms with Crippen LogP contribution in [0.5, 0.6) is 11.5 Å². The highest BCUT2D eigenvalue weighted by Gasteiger charge is 2.17. The van der Waals surface area contributed by atoms with E-state index in [0.717, 1.165) is 27.8 Å². The minimum Gasteiger partial charge on any atom is -0.496 e. The number of halogens is 2. The lowest BCUT2D eigenvalue weighted by atomic mass is 9.95. The monoisotopic (exact) mass is 388 g/mol. The van der Waals surface area contributed by atoms with Crippen LogP contribution in [0.15, 0.2) is 54.6 Å². The lowest BCUT2D eigenvalue weighted by molar-refractivity contribution is 0.282. The van der Waals surface area contributed by atoms with Crippen molar-refractivity contribution in [3.05, 3.63) is 70.2 Å². The van der Waals surface area contributed by atoms with Gasteiger partial charge in [-0.2, -0.15) is 0 Å². The third-order valence-electron chi connectivity index (χ3n) is 4.16. The van der Waals surface area contributed by atoms with Crippen molar-refractivity contribution >= 4 is 23.2 Å². The second kappa shape index (κ2) is 8.00. The second-order valence-electron chi connectivity index (χ2n) is 5.73. The SMILES string of the molecule is COc1cc(-c2ccccc2CO)cc(OC)c1-c1cc(Cl)cc(Cl)c1. The van der Waals surface area contributed by atoms with Gasteiger partial charge in [0.2, 0.25) is 0 Å². The number of benzene rings is 3. The zero-order valence-corrected chi connectivity index (χ0v) is 15.9. The summed E-state index contributed by atoms with van der Waals surface area (Å²) in [7, 11) is 3.21. The molecule has 0 heterocycles. The molecule has 0 aliphatic heterocycles. The minimum absolute atomic E-state index is 0.0491. The molecule has 3 aromatic carbocycles. The first-order valence-corrected chi connectivity index (χ1v) is 8.74. The van der Waals surface area contributed by atoms with Crippen molar-refractivity contribution in [2.45, 2.75) is 6.61 Å². The summed E-state index contributed by atoms with van der Waals surface area (Å²) in [6.07, 6.45) is 0. The van der Waals surface area contributed by atoms with E-state index in [-0.39, 0.29) is 6.61 Å². The Balaban J connectivity index is 2.24. The molecule has 3 rings (SSSR count). The molecule has 5 heteroatoms. The van der Waals surface area contributed by atoms with E-state index in [1.807, 2.05) is 48.5 Å². The van der Waals surface area contributed by atoms with Crippen molar-refractivity contribution in [1.29, 1.82) is 0 Å². The highest BCUT2D eigenvalue weighted by atomic mass is 35.5. The number of aliphatic hydroxyl groups excluding tert-OH is 1. The molecule has 3 aromatic rings. The molecular weight excluding hydrogens is 371 g/mol. The second-order valence-corrected chi connectivity index (χ2v) is 6.60. The first-order valence-electron chi connectivity index (χ1n) is 7.99. The van der Waals surface area contributed by atoms with Crippen LogP contribution in [0.2, 0.25) is 10.0 Å². The normalized spacial score (nSPS) is 10.7. The Morgan fingerprint density at radius 1 is 0.808 bits per heavy atom. The molecule has 0 fully saturated rings. The predicted molar refractivity (Wildman–Crippen MR) is 106 cm³/mol. The quantitative estimate of drug-likeness (QED) is 0.596. The number of ether oxygens (including phenoxy) is 2. The van der Waals surface area contributed by atoms with E-state index in [0.29, 0.717) is 21.5 Å². The van der Waals surface area contributed by atoms with Crippen LogP contribution in [0.3, 0.4) is 0 Å². The van der Waals surface area contributed by atoms with Crippen molar-refractivity contribution in [2.75, 3.05) is 14.2 Å². The summed E-state index contributed by atoms with van der Waals surface area (Å²) in [5.41, 5.74) is 4.21.